The first-order chi connectivity index (χ1) is 30.8. The van der Waals surface area contributed by atoms with Crippen molar-refractivity contribution in [2.45, 2.75) is 46.2 Å². The number of H-pyrrole nitrogens is 1. The number of nitrogens with one attached hydrogen (secondary N) is 1. The van der Waals surface area contributed by atoms with Crippen molar-refractivity contribution in [1.82, 2.24) is 24.1 Å². The smallest absolute Gasteiger partial charge is 0.416 e. The van der Waals surface area contributed by atoms with Crippen molar-refractivity contribution >= 4 is 76.6 Å². The predicted octanol–water partition coefficient (Wildman–Crippen LogP) is 15.3. The fraction of sp³-hybridized carbons (Fsp3) is 0.127. The van der Waals surface area contributed by atoms with Gasteiger partial charge in [0.1, 0.15) is 11.4 Å². The number of aromatic nitrogens is 5. The normalized spacial score (nSPS) is 12.7. The summed E-state index contributed by atoms with van der Waals surface area (Å²) >= 11 is 0. The molecule has 1 N–H and O–H groups in total. The highest BCUT2D eigenvalue weighted by Gasteiger charge is 2.32. The second-order valence-electron chi connectivity index (χ2n) is 18.0. The molecule has 12 rings (SSSR count). The average Bonchev–Trinajstić information content (AvgIpc) is 4.04. The van der Waals surface area contributed by atoms with E-state index in [0.717, 1.165) is 83.6 Å². The molecule has 0 bridgehead atoms. The molecule has 0 aliphatic heterocycles. The molecule has 6 nitrogen and oxygen atoms in total. The first-order valence-corrected chi connectivity index (χ1v) is 21.4. The highest BCUT2D eigenvalue weighted by Crippen LogP contribution is 2.44. The standard InChI is InChI=1S/C55H40F3N5O/c1-30-25-40-48-42(54(3,4)5)15-11-16-43(48)60-49(40)41(26-30)52-61-50-38(24-31(2)27-46(50)62(52)34-12-7-6-8-13-34)32-18-20-35-39-29-33(55(56,57)58)19-21-44(39)63(45(35)28-32)53-51-37(22-23-59-53)36-14-9-10-17-47(36)64-51/h6-29,60H,1-5H3. The van der Waals surface area contributed by atoms with Gasteiger partial charge in [-0.25, -0.2) is 9.97 Å². The predicted molar refractivity (Wildman–Crippen MR) is 254 cm³/mol. The van der Waals surface area contributed by atoms with Crippen LogP contribution in [0.2, 0.25) is 0 Å². The number of pyridine rings is 1. The number of aromatic amines is 1. The third-order valence-corrected chi connectivity index (χ3v) is 12.7. The monoisotopic (exact) mass is 843 g/mol. The summed E-state index contributed by atoms with van der Waals surface area (Å²) in [6.45, 7) is 11.0. The van der Waals surface area contributed by atoms with Gasteiger partial charge in [0.15, 0.2) is 11.4 Å². The van der Waals surface area contributed by atoms with Crippen LogP contribution in [0.15, 0.2) is 150 Å². The van der Waals surface area contributed by atoms with E-state index in [0.29, 0.717) is 38.8 Å². The fourth-order valence-electron chi connectivity index (χ4n) is 9.95. The van der Waals surface area contributed by atoms with Crippen molar-refractivity contribution in [3.63, 3.8) is 0 Å². The highest BCUT2D eigenvalue weighted by molar-refractivity contribution is 6.15. The molecule has 0 amide bonds. The summed E-state index contributed by atoms with van der Waals surface area (Å²) in [5.41, 5.74) is 12.7. The van der Waals surface area contributed by atoms with Gasteiger partial charge in [0.05, 0.1) is 33.1 Å². The molecule has 0 spiro atoms. The van der Waals surface area contributed by atoms with Crippen LogP contribution in [-0.2, 0) is 11.6 Å². The Morgan fingerprint density at radius 1 is 0.609 bits per heavy atom. The SMILES string of the molecule is Cc1cc(-c2nc3c(-c4ccc5c6cc(C(F)(F)F)ccc6n(-c6nccc7c6oc6ccccc67)c5c4)cc(C)cc3n2-c2ccccc2)c2[nH]c3cccc(C(C)(C)C)c3c2c1. The van der Waals surface area contributed by atoms with E-state index in [1.54, 1.807) is 6.20 Å². The van der Waals surface area contributed by atoms with Crippen LogP contribution in [0.3, 0.4) is 0 Å². The quantitative estimate of drug-likeness (QED) is 0.192. The van der Waals surface area contributed by atoms with Crippen molar-refractivity contribution in [2.24, 2.45) is 0 Å². The average molecular weight is 844 g/mol. The Labute approximate surface area is 365 Å². The zero-order valence-electron chi connectivity index (χ0n) is 35.7. The van der Waals surface area contributed by atoms with Gasteiger partial charge in [0, 0.05) is 60.8 Å². The molecule has 0 saturated heterocycles. The molecule has 0 unspecified atom stereocenters. The van der Waals surface area contributed by atoms with E-state index in [2.05, 4.69) is 105 Å². The lowest BCUT2D eigenvalue weighted by Crippen LogP contribution is -2.11. The Morgan fingerprint density at radius 3 is 2.20 bits per heavy atom. The summed E-state index contributed by atoms with van der Waals surface area (Å²) in [6.07, 6.45) is -2.79. The number of benzene rings is 7. The number of nitrogens with zero attached hydrogens (tertiary/aromatic N) is 4. The van der Waals surface area contributed by atoms with Crippen LogP contribution in [0.4, 0.5) is 13.2 Å². The zero-order valence-corrected chi connectivity index (χ0v) is 35.7. The number of para-hydroxylation sites is 2. The molecule has 64 heavy (non-hydrogen) atoms. The molecule has 0 aliphatic rings. The van der Waals surface area contributed by atoms with Crippen LogP contribution in [0, 0.1) is 13.8 Å². The molecule has 0 radical (unpaired) electrons. The van der Waals surface area contributed by atoms with Crippen molar-refractivity contribution in [1.29, 1.82) is 0 Å². The van der Waals surface area contributed by atoms with Crippen LogP contribution in [0.5, 0.6) is 0 Å². The minimum atomic E-state index is -4.52. The number of hydrogen-bond donors (Lipinski definition) is 1. The van der Waals surface area contributed by atoms with E-state index >= 15 is 0 Å². The lowest BCUT2D eigenvalue weighted by molar-refractivity contribution is -0.137. The maximum Gasteiger partial charge on any atom is 0.416 e. The second kappa shape index (κ2) is 13.4. The highest BCUT2D eigenvalue weighted by atomic mass is 19.4. The summed E-state index contributed by atoms with van der Waals surface area (Å²) in [5, 5.41) is 5.30. The van der Waals surface area contributed by atoms with Crippen LogP contribution in [-0.4, -0.2) is 24.1 Å². The van der Waals surface area contributed by atoms with E-state index in [1.165, 1.54) is 23.1 Å². The van der Waals surface area contributed by atoms with Gasteiger partial charge >= 0.3 is 6.18 Å². The van der Waals surface area contributed by atoms with Gasteiger partial charge in [0.25, 0.3) is 0 Å². The number of imidazole rings is 1. The molecule has 5 aromatic heterocycles. The van der Waals surface area contributed by atoms with Gasteiger partial charge in [-0.2, -0.15) is 13.2 Å². The summed E-state index contributed by atoms with van der Waals surface area (Å²) in [5.74, 6) is 1.29. The Morgan fingerprint density at radius 2 is 1.39 bits per heavy atom. The van der Waals surface area contributed by atoms with E-state index in [4.69, 9.17) is 14.4 Å². The first kappa shape index (κ1) is 38.1. The number of alkyl halides is 3. The summed E-state index contributed by atoms with van der Waals surface area (Å²) < 4.78 is 53.6. The third-order valence-electron chi connectivity index (χ3n) is 12.7. The van der Waals surface area contributed by atoms with Crippen LogP contribution < -0.4 is 0 Å². The molecule has 0 aliphatic carbocycles. The lowest BCUT2D eigenvalue weighted by atomic mass is 9.84. The zero-order chi connectivity index (χ0) is 43.8. The number of furan rings is 1. The minimum Gasteiger partial charge on any atom is -0.452 e. The Bertz CT molecular complexity index is 3900. The lowest BCUT2D eigenvalue weighted by Gasteiger charge is -2.20. The van der Waals surface area contributed by atoms with E-state index < -0.39 is 11.7 Å². The van der Waals surface area contributed by atoms with E-state index in [9.17, 15) is 13.2 Å². The van der Waals surface area contributed by atoms with Gasteiger partial charge in [-0.3, -0.25) is 9.13 Å². The van der Waals surface area contributed by atoms with E-state index in [1.807, 2.05) is 65.2 Å². The molecular formula is C55H40F3N5O. The molecule has 7 aromatic carbocycles. The maximum atomic E-state index is 14.3. The van der Waals surface area contributed by atoms with Gasteiger partial charge in [-0.1, -0.05) is 81.4 Å². The maximum absolute atomic E-state index is 14.3. The third kappa shape index (κ3) is 5.66. The summed E-state index contributed by atoms with van der Waals surface area (Å²) in [4.78, 5) is 14.3. The summed E-state index contributed by atoms with van der Waals surface area (Å²) in [7, 11) is 0. The van der Waals surface area contributed by atoms with Crippen molar-refractivity contribution in [3.05, 3.63) is 168 Å². The largest absolute Gasteiger partial charge is 0.452 e. The number of hydrogen-bond acceptors (Lipinski definition) is 3. The molecule has 0 atom stereocenters. The molecule has 12 aromatic rings. The molecular weight excluding hydrogens is 804 g/mol. The minimum absolute atomic E-state index is 0.0791. The topological polar surface area (TPSA) is 64.6 Å². The van der Waals surface area contributed by atoms with Crippen molar-refractivity contribution < 1.29 is 17.6 Å². The van der Waals surface area contributed by atoms with Gasteiger partial charge in [0.2, 0.25) is 0 Å². The van der Waals surface area contributed by atoms with Gasteiger partial charge < -0.3 is 9.40 Å². The van der Waals surface area contributed by atoms with Crippen LogP contribution in [0.1, 0.15) is 43.0 Å². The second-order valence-corrected chi connectivity index (χ2v) is 18.0. The number of aryl methyl sites for hydroxylation is 2. The number of fused-ring (bicyclic) bond motifs is 10. The number of halogens is 3. The molecule has 312 valence electrons. The Kier molecular flexibility index (Phi) is 7.98. The first-order valence-electron chi connectivity index (χ1n) is 21.4. The Hall–Kier alpha value is -7.65. The van der Waals surface area contributed by atoms with Crippen molar-refractivity contribution in [3.8, 4) is 34.0 Å². The van der Waals surface area contributed by atoms with Crippen LogP contribution >= 0.6 is 0 Å². The van der Waals surface area contributed by atoms with Crippen LogP contribution in [0.25, 0.3) is 111 Å². The molecule has 0 fully saturated rings. The van der Waals surface area contributed by atoms with E-state index in [-0.39, 0.29) is 5.41 Å². The molecule has 0 saturated carbocycles. The number of rotatable bonds is 4. The molecule has 5 heterocycles. The summed E-state index contributed by atoms with van der Waals surface area (Å²) in [6, 6.07) is 45.2. The molecule has 9 heteroatoms. The van der Waals surface area contributed by atoms with Gasteiger partial charge in [-0.15, -0.1) is 0 Å². The fourth-order valence-corrected chi connectivity index (χ4v) is 9.95. The van der Waals surface area contributed by atoms with Crippen molar-refractivity contribution in [2.75, 3.05) is 0 Å². The Balaban J connectivity index is 1.15. The van der Waals surface area contributed by atoms with Gasteiger partial charge in [-0.05, 0) is 120 Å².